The van der Waals surface area contributed by atoms with Gasteiger partial charge in [0.15, 0.2) is 0 Å². The predicted octanol–water partition coefficient (Wildman–Crippen LogP) is 2.94. The topological polar surface area (TPSA) is 82.1 Å². The molecular formula is C22H27N3O4. The maximum Gasteiger partial charge on any atom is 0.411 e. The molecule has 7 heteroatoms. The number of hydrogen-bond acceptors (Lipinski definition) is 5. The molecule has 29 heavy (non-hydrogen) atoms. The minimum Gasteiger partial charge on any atom is -0.450 e. The highest BCUT2D eigenvalue weighted by Gasteiger charge is 2.26. The van der Waals surface area contributed by atoms with Crippen molar-refractivity contribution in [2.45, 2.75) is 19.8 Å². The number of nitrogens with one attached hydrogen (secondary N) is 1. The highest BCUT2D eigenvalue weighted by molar-refractivity contribution is 6.04. The van der Waals surface area contributed by atoms with Crippen molar-refractivity contribution in [2.24, 2.45) is 0 Å². The fourth-order valence-corrected chi connectivity index (χ4v) is 3.51. The molecule has 0 bridgehead atoms. The lowest BCUT2D eigenvalue weighted by atomic mass is 10.0. The molecule has 154 valence electrons. The van der Waals surface area contributed by atoms with Crippen molar-refractivity contribution in [1.29, 1.82) is 0 Å². The van der Waals surface area contributed by atoms with Crippen molar-refractivity contribution in [3.05, 3.63) is 53.6 Å². The van der Waals surface area contributed by atoms with Crippen LogP contribution in [0, 0.1) is 0 Å². The Morgan fingerprint density at radius 2 is 1.86 bits per heavy atom. The standard InChI is InChI=1S/C22H27N3O4/c1-3-29-22(28)23-18-11-10-17-9-8-16-6-4-5-7-19(16)25(20(17)14-18)21(27)15-24(2)12-13-26/h4-7,10-11,14,26H,3,8-9,12-13,15H2,1-2H3,(H,23,28). The lowest BCUT2D eigenvalue weighted by Gasteiger charge is -2.27. The second-order valence-electron chi connectivity index (χ2n) is 7.01. The number of hydrogen-bond donors (Lipinski definition) is 2. The lowest BCUT2D eigenvalue weighted by Crippen LogP contribution is -2.37. The van der Waals surface area contributed by atoms with Crippen LogP contribution in [0.2, 0.25) is 0 Å². The molecule has 2 aromatic carbocycles. The Bertz CT molecular complexity index is 884. The summed E-state index contributed by atoms with van der Waals surface area (Å²) >= 11 is 0. The first-order valence-corrected chi connectivity index (χ1v) is 9.80. The number of nitrogens with zero attached hydrogens (tertiary/aromatic N) is 2. The van der Waals surface area contributed by atoms with Crippen molar-refractivity contribution in [2.75, 3.05) is 43.6 Å². The fourth-order valence-electron chi connectivity index (χ4n) is 3.51. The van der Waals surface area contributed by atoms with Crippen molar-refractivity contribution < 1.29 is 19.4 Å². The highest BCUT2D eigenvalue weighted by atomic mass is 16.5. The molecule has 0 unspecified atom stereocenters. The van der Waals surface area contributed by atoms with Crippen molar-refractivity contribution in [3.8, 4) is 0 Å². The smallest absolute Gasteiger partial charge is 0.411 e. The summed E-state index contributed by atoms with van der Waals surface area (Å²) in [5, 5.41) is 11.9. The molecule has 0 aliphatic carbocycles. The van der Waals surface area contributed by atoms with Crippen LogP contribution in [0.5, 0.6) is 0 Å². The van der Waals surface area contributed by atoms with E-state index in [1.165, 1.54) is 0 Å². The zero-order valence-electron chi connectivity index (χ0n) is 16.9. The van der Waals surface area contributed by atoms with E-state index < -0.39 is 6.09 Å². The van der Waals surface area contributed by atoms with Crippen LogP contribution in [0.1, 0.15) is 18.1 Å². The van der Waals surface area contributed by atoms with E-state index in [1.807, 2.05) is 42.5 Å². The van der Waals surface area contributed by atoms with Gasteiger partial charge in [0.05, 0.1) is 31.1 Å². The molecule has 0 spiro atoms. The molecule has 0 saturated heterocycles. The van der Waals surface area contributed by atoms with Crippen molar-refractivity contribution >= 4 is 29.1 Å². The van der Waals surface area contributed by atoms with Crippen LogP contribution in [-0.4, -0.2) is 55.4 Å². The quantitative estimate of drug-likeness (QED) is 0.783. The normalized spacial score (nSPS) is 12.8. The summed E-state index contributed by atoms with van der Waals surface area (Å²) in [5.74, 6) is -0.0927. The second-order valence-corrected chi connectivity index (χ2v) is 7.01. The molecule has 1 aliphatic rings. The third-order valence-corrected chi connectivity index (χ3v) is 4.88. The Morgan fingerprint density at radius 3 is 2.59 bits per heavy atom. The average Bonchev–Trinajstić information content (AvgIpc) is 2.84. The summed E-state index contributed by atoms with van der Waals surface area (Å²) in [7, 11) is 1.80. The van der Waals surface area contributed by atoms with E-state index in [-0.39, 0.29) is 25.7 Å². The van der Waals surface area contributed by atoms with Crippen LogP contribution < -0.4 is 10.2 Å². The van der Waals surface area contributed by atoms with Gasteiger partial charge in [0.1, 0.15) is 0 Å². The van der Waals surface area contributed by atoms with Gasteiger partial charge in [-0.3, -0.25) is 19.9 Å². The number of carbonyl (C=O) groups excluding carboxylic acids is 2. The minimum absolute atomic E-state index is 0.00936. The van der Waals surface area contributed by atoms with Crippen LogP contribution in [-0.2, 0) is 22.4 Å². The number of amides is 2. The van der Waals surface area contributed by atoms with E-state index in [2.05, 4.69) is 5.32 Å². The maximum atomic E-state index is 13.3. The molecule has 1 aliphatic heterocycles. The van der Waals surface area contributed by atoms with E-state index in [9.17, 15) is 9.59 Å². The molecule has 0 atom stereocenters. The zero-order valence-corrected chi connectivity index (χ0v) is 16.9. The SMILES string of the molecule is CCOC(=O)Nc1ccc2c(c1)N(C(=O)CN(C)CCO)c1ccccc1CC2. The molecule has 1 heterocycles. The summed E-state index contributed by atoms with van der Waals surface area (Å²) in [6.45, 7) is 2.61. The summed E-state index contributed by atoms with van der Waals surface area (Å²) in [5.41, 5.74) is 4.31. The number of rotatable bonds is 6. The molecule has 2 amide bonds. The molecule has 2 N–H and O–H groups in total. The van der Waals surface area contributed by atoms with E-state index in [0.29, 0.717) is 12.2 Å². The monoisotopic (exact) mass is 397 g/mol. The number of benzene rings is 2. The van der Waals surface area contributed by atoms with Gasteiger partial charge in [0, 0.05) is 12.2 Å². The number of carbonyl (C=O) groups is 2. The Kier molecular flexibility index (Phi) is 6.85. The summed E-state index contributed by atoms with van der Waals surface area (Å²) in [4.78, 5) is 28.6. The highest BCUT2D eigenvalue weighted by Crippen LogP contribution is 2.37. The number of para-hydroxylation sites is 1. The molecule has 0 fully saturated rings. The number of aliphatic hydroxyl groups excluding tert-OH is 1. The van der Waals surface area contributed by atoms with Gasteiger partial charge in [-0.15, -0.1) is 0 Å². The first-order chi connectivity index (χ1) is 14.0. The van der Waals surface area contributed by atoms with Gasteiger partial charge in [-0.2, -0.15) is 0 Å². The molecule has 0 saturated carbocycles. The molecule has 3 rings (SSSR count). The van der Waals surface area contributed by atoms with Crippen molar-refractivity contribution in [1.82, 2.24) is 4.90 Å². The average molecular weight is 397 g/mol. The van der Waals surface area contributed by atoms with E-state index in [4.69, 9.17) is 9.84 Å². The van der Waals surface area contributed by atoms with Crippen molar-refractivity contribution in [3.63, 3.8) is 0 Å². The van der Waals surface area contributed by atoms with Gasteiger partial charge in [0.25, 0.3) is 0 Å². The van der Waals surface area contributed by atoms with Gasteiger partial charge in [-0.1, -0.05) is 24.3 Å². The molecular weight excluding hydrogens is 370 g/mol. The number of ether oxygens (including phenoxy) is 1. The Hall–Kier alpha value is -2.90. The van der Waals surface area contributed by atoms with Crippen LogP contribution >= 0.6 is 0 Å². The minimum atomic E-state index is -0.526. The Balaban J connectivity index is 2.00. The maximum absolute atomic E-state index is 13.3. The van der Waals surface area contributed by atoms with Gasteiger partial charge >= 0.3 is 6.09 Å². The first kappa shape index (κ1) is 20.8. The number of aliphatic hydroxyl groups is 1. The van der Waals surface area contributed by atoms with Gasteiger partial charge in [-0.25, -0.2) is 4.79 Å². The summed E-state index contributed by atoms with van der Waals surface area (Å²) in [6, 6.07) is 13.5. The Labute approximate surface area is 170 Å². The second kappa shape index (κ2) is 9.54. The number of likely N-dealkylation sites (N-methyl/N-ethyl adjacent to an activating group) is 1. The zero-order chi connectivity index (χ0) is 20.8. The van der Waals surface area contributed by atoms with Crippen LogP contribution in [0.25, 0.3) is 0 Å². The largest absolute Gasteiger partial charge is 0.450 e. The Morgan fingerprint density at radius 1 is 1.14 bits per heavy atom. The van der Waals surface area contributed by atoms with Crippen LogP contribution in [0.15, 0.2) is 42.5 Å². The summed E-state index contributed by atoms with van der Waals surface area (Å²) in [6.07, 6.45) is 1.09. The number of anilines is 3. The molecule has 0 aromatic heterocycles. The molecule has 0 radical (unpaired) electrons. The molecule has 2 aromatic rings. The van der Waals surface area contributed by atoms with E-state index >= 15 is 0 Å². The third-order valence-electron chi connectivity index (χ3n) is 4.88. The lowest BCUT2D eigenvalue weighted by molar-refractivity contribution is -0.118. The first-order valence-electron chi connectivity index (χ1n) is 9.80. The fraction of sp³-hybridized carbons (Fsp3) is 0.364. The van der Waals surface area contributed by atoms with Crippen LogP contribution in [0.4, 0.5) is 21.9 Å². The van der Waals surface area contributed by atoms with Crippen LogP contribution in [0.3, 0.4) is 0 Å². The number of fused-ring (bicyclic) bond motifs is 2. The molecule has 7 nitrogen and oxygen atoms in total. The van der Waals surface area contributed by atoms with E-state index in [1.54, 1.807) is 23.8 Å². The van der Waals surface area contributed by atoms with Gasteiger partial charge in [0.2, 0.25) is 5.91 Å². The summed E-state index contributed by atoms with van der Waals surface area (Å²) < 4.78 is 4.96. The third kappa shape index (κ3) is 4.93. The predicted molar refractivity (Wildman–Crippen MR) is 113 cm³/mol. The van der Waals surface area contributed by atoms with E-state index in [0.717, 1.165) is 35.3 Å². The van der Waals surface area contributed by atoms with Gasteiger partial charge in [-0.05, 0) is 56.1 Å². The van der Waals surface area contributed by atoms with Gasteiger partial charge < -0.3 is 9.84 Å². The number of aryl methyl sites for hydroxylation is 2.